The van der Waals surface area contributed by atoms with Gasteiger partial charge in [0.05, 0.1) is 0 Å². The Labute approximate surface area is 156 Å². The molecular weight excluding hydrogens is 347 g/mol. The highest BCUT2D eigenvalue weighted by Crippen LogP contribution is 2.19. The summed E-state index contributed by atoms with van der Waals surface area (Å²) < 4.78 is 13.5. The number of nitrogens with one attached hydrogen (secondary N) is 3. The van der Waals surface area contributed by atoms with Gasteiger partial charge in [-0.1, -0.05) is 0 Å². The lowest BCUT2D eigenvalue weighted by molar-refractivity contribution is -0.117. The number of fused-ring (bicyclic) bond motifs is 1. The fourth-order valence-corrected chi connectivity index (χ4v) is 2.81. The van der Waals surface area contributed by atoms with Crippen molar-refractivity contribution in [1.29, 1.82) is 0 Å². The number of aromatic nitrogens is 3. The van der Waals surface area contributed by atoms with Gasteiger partial charge in [-0.15, -0.1) is 0 Å². The van der Waals surface area contributed by atoms with E-state index >= 15 is 0 Å². The highest BCUT2D eigenvalue weighted by atomic mass is 19.1. The maximum absolute atomic E-state index is 13.5. The van der Waals surface area contributed by atoms with Crippen molar-refractivity contribution in [2.45, 2.75) is 27.2 Å². The van der Waals surface area contributed by atoms with E-state index in [4.69, 9.17) is 0 Å². The van der Waals surface area contributed by atoms with Crippen molar-refractivity contribution in [3.05, 3.63) is 53.2 Å². The minimum Gasteiger partial charge on any atom is -0.361 e. The van der Waals surface area contributed by atoms with Gasteiger partial charge in [0, 0.05) is 42.0 Å². The average Bonchev–Trinajstić information content (AvgIpc) is 2.95. The third-order valence-corrected chi connectivity index (χ3v) is 3.89. The molecule has 7 nitrogen and oxygen atoms in total. The predicted molar refractivity (Wildman–Crippen MR) is 103 cm³/mol. The Bertz CT molecular complexity index is 990. The van der Waals surface area contributed by atoms with Crippen molar-refractivity contribution in [3.63, 3.8) is 0 Å². The number of anilines is 1. The highest BCUT2D eigenvalue weighted by molar-refractivity contribution is 6.02. The molecule has 3 N–H and O–H groups in total. The van der Waals surface area contributed by atoms with Crippen molar-refractivity contribution in [1.82, 2.24) is 20.3 Å². The Morgan fingerprint density at radius 1 is 1.22 bits per heavy atom. The maximum Gasteiger partial charge on any atom is 0.229 e. The van der Waals surface area contributed by atoms with Crippen LogP contribution in [0.4, 0.5) is 10.3 Å². The highest BCUT2D eigenvalue weighted by Gasteiger charge is 2.08. The van der Waals surface area contributed by atoms with Gasteiger partial charge in [0.15, 0.2) is 0 Å². The number of aromatic amines is 1. The van der Waals surface area contributed by atoms with Crippen LogP contribution in [-0.2, 0) is 11.2 Å². The first-order chi connectivity index (χ1) is 12.9. The summed E-state index contributed by atoms with van der Waals surface area (Å²) in [7, 11) is 0. The van der Waals surface area contributed by atoms with Crippen molar-refractivity contribution < 1.29 is 9.18 Å². The van der Waals surface area contributed by atoms with Crippen molar-refractivity contribution >= 4 is 28.7 Å². The quantitative estimate of drug-likeness (QED) is 0.487. The van der Waals surface area contributed by atoms with Crippen LogP contribution in [0.1, 0.15) is 23.9 Å². The van der Waals surface area contributed by atoms with Gasteiger partial charge >= 0.3 is 0 Å². The van der Waals surface area contributed by atoms with Crippen LogP contribution >= 0.6 is 0 Å². The summed E-state index contributed by atoms with van der Waals surface area (Å²) in [5, 5.41) is 6.42. The lowest BCUT2D eigenvalue weighted by Gasteiger charge is -2.10. The van der Waals surface area contributed by atoms with E-state index in [1.165, 1.54) is 19.1 Å². The van der Waals surface area contributed by atoms with Crippen LogP contribution in [0.5, 0.6) is 0 Å². The maximum atomic E-state index is 13.5. The Morgan fingerprint density at radius 3 is 2.67 bits per heavy atom. The number of amides is 1. The summed E-state index contributed by atoms with van der Waals surface area (Å²) in [4.78, 5) is 27.6. The molecule has 0 fully saturated rings. The number of aliphatic imine (C=N–C) groups is 1. The molecule has 1 aromatic carbocycles. The van der Waals surface area contributed by atoms with Gasteiger partial charge in [0.25, 0.3) is 0 Å². The first-order valence-electron chi connectivity index (χ1n) is 8.57. The number of hydrogen-bond acceptors (Lipinski definition) is 4. The van der Waals surface area contributed by atoms with E-state index in [-0.39, 0.29) is 17.7 Å². The van der Waals surface area contributed by atoms with Gasteiger partial charge in [0.1, 0.15) is 5.82 Å². The molecule has 0 aliphatic heterocycles. The standard InChI is InChI=1S/C19H21FN6O/c1-11-8-12(2)24-19(23-11)26-18(25-13(3)27)21-7-6-14-10-22-17-5-4-15(20)9-16(14)17/h4-5,8-10,22H,6-7H2,1-3H3,(H2,21,23,24,25,26,27). The second-order valence-electron chi connectivity index (χ2n) is 6.26. The lowest BCUT2D eigenvalue weighted by atomic mass is 10.1. The second-order valence-corrected chi connectivity index (χ2v) is 6.26. The number of H-pyrrole nitrogens is 1. The van der Waals surface area contributed by atoms with Gasteiger partial charge < -0.3 is 4.98 Å². The molecule has 0 unspecified atom stereocenters. The molecule has 0 spiro atoms. The van der Waals surface area contributed by atoms with E-state index in [1.807, 2.05) is 26.1 Å². The molecule has 0 saturated carbocycles. The summed E-state index contributed by atoms with van der Waals surface area (Å²) in [5.74, 6) is 0.117. The molecule has 2 aromatic heterocycles. The SMILES string of the molecule is CC(=O)NC(=NCCc1c[nH]c2ccc(F)cc12)Nc1nc(C)cc(C)n1. The normalized spacial score (nSPS) is 11.6. The van der Waals surface area contributed by atoms with Crippen LogP contribution in [0.2, 0.25) is 0 Å². The minimum absolute atomic E-state index is 0.250. The number of halogens is 1. The average molecular weight is 368 g/mol. The monoisotopic (exact) mass is 368 g/mol. The molecule has 0 aliphatic carbocycles. The number of guanidine groups is 1. The van der Waals surface area contributed by atoms with Crippen molar-refractivity contribution in [2.24, 2.45) is 4.99 Å². The predicted octanol–water partition coefficient (Wildman–Crippen LogP) is 2.86. The molecule has 27 heavy (non-hydrogen) atoms. The molecule has 2 heterocycles. The summed E-state index contributed by atoms with van der Waals surface area (Å²) in [6, 6.07) is 6.49. The lowest BCUT2D eigenvalue weighted by Crippen LogP contribution is -2.35. The van der Waals surface area contributed by atoms with Crippen LogP contribution in [0.25, 0.3) is 10.9 Å². The molecule has 3 rings (SSSR count). The fourth-order valence-electron chi connectivity index (χ4n) is 2.81. The third kappa shape index (κ3) is 4.87. The molecule has 140 valence electrons. The van der Waals surface area contributed by atoms with Gasteiger partial charge in [-0.3, -0.25) is 20.4 Å². The van der Waals surface area contributed by atoms with Gasteiger partial charge in [-0.2, -0.15) is 0 Å². The first-order valence-corrected chi connectivity index (χ1v) is 8.57. The molecule has 0 saturated heterocycles. The molecular formula is C19H21FN6O. The summed E-state index contributed by atoms with van der Waals surface area (Å²) in [6.45, 7) is 5.54. The number of rotatable bonds is 4. The van der Waals surface area contributed by atoms with Crippen LogP contribution in [0, 0.1) is 19.7 Å². The number of aryl methyl sites for hydroxylation is 2. The van der Waals surface area contributed by atoms with Crippen molar-refractivity contribution in [2.75, 3.05) is 11.9 Å². The van der Waals surface area contributed by atoms with E-state index in [0.29, 0.717) is 18.9 Å². The molecule has 0 aliphatic rings. The summed E-state index contributed by atoms with van der Waals surface area (Å²) in [5.41, 5.74) is 3.46. The van der Waals surface area contributed by atoms with Crippen LogP contribution in [0.15, 0.2) is 35.5 Å². The number of carbonyl (C=O) groups excluding carboxylic acids is 1. The van der Waals surface area contributed by atoms with Crippen LogP contribution < -0.4 is 10.6 Å². The third-order valence-electron chi connectivity index (χ3n) is 3.89. The Balaban J connectivity index is 1.75. The van der Waals surface area contributed by atoms with E-state index in [0.717, 1.165) is 27.9 Å². The van der Waals surface area contributed by atoms with Crippen LogP contribution in [0.3, 0.4) is 0 Å². The number of carbonyl (C=O) groups is 1. The Kier molecular flexibility index (Phi) is 5.44. The molecule has 8 heteroatoms. The van der Waals surface area contributed by atoms with Gasteiger partial charge in [-0.25, -0.2) is 14.4 Å². The van der Waals surface area contributed by atoms with Gasteiger partial charge in [0.2, 0.25) is 17.8 Å². The zero-order valence-electron chi connectivity index (χ0n) is 15.4. The number of nitrogens with zero attached hydrogens (tertiary/aromatic N) is 3. The summed E-state index contributed by atoms with van der Waals surface area (Å²) >= 11 is 0. The van der Waals surface area contributed by atoms with E-state index < -0.39 is 0 Å². The number of benzene rings is 1. The van der Waals surface area contributed by atoms with Crippen molar-refractivity contribution in [3.8, 4) is 0 Å². The number of hydrogen-bond donors (Lipinski definition) is 3. The second kappa shape index (κ2) is 7.94. The Morgan fingerprint density at radius 2 is 1.96 bits per heavy atom. The van der Waals surface area contributed by atoms with E-state index in [9.17, 15) is 9.18 Å². The molecule has 0 radical (unpaired) electrons. The smallest absolute Gasteiger partial charge is 0.229 e. The zero-order valence-corrected chi connectivity index (χ0v) is 15.4. The zero-order chi connectivity index (χ0) is 19.4. The summed E-state index contributed by atoms with van der Waals surface area (Å²) in [6.07, 6.45) is 2.43. The fraction of sp³-hybridized carbons (Fsp3) is 0.263. The minimum atomic E-state index is -0.278. The molecule has 0 bridgehead atoms. The Hall–Kier alpha value is -3.29. The van der Waals surface area contributed by atoms with Gasteiger partial charge in [-0.05, 0) is 50.1 Å². The first kappa shape index (κ1) is 18.5. The topological polar surface area (TPSA) is 95.1 Å². The molecule has 0 atom stereocenters. The molecule has 1 amide bonds. The van der Waals surface area contributed by atoms with Crippen LogP contribution in [-0.4, -0.2) is 33.4 Å². The largest absolute Gasteiger partial charge is 0.361 e. The molecule has 3 aromatic rings. The van der Waals surface area contributed by atoms with E-state index in [1.54, 1.807) is 6.07 Å². The van der Waals surface area contributed by atoms with E-state index in [2.05, 4.69) is 30.6 Å².